The number of benzene rings is 1. The van der Waals surface area contributed by atoms with Crippen molar-refractivity contribution in [1.29, 1.82) is 0 Å². The Hall–Kier alpha value is -0.488. The Morgan fingerprint density at radius 1 is 0.864 bits per heavy atom. The van der Waals surface area contributed by atoms with Crippen molar-refractivity contribution in [1.82, 2.24) is 0 Å². The predicted molar refractivity (Wildman–Crippen MR) is 96.7 cm³/mol. The Bertz CT molecular complexity index is 461. The first-order chi connectivity index (χ1) is 9.82. The van der Waals surface area contributed by atoms with Crippen LogP contribution in [0.1, 0.15) is 74.9 Å². The van der Waals surface area contributed by atoms with Gasteiger partial charge in [0.05, 0.1) is 0 Å². The Morgan fingerprint density at radius 3 is 1.68 bits per heavy atom. The van der Waals surface area contributed by atoms with E-state index in [0.29, 0.717) is 0 Å². The van der Waals surface area contributed by atoms with Crippen molar-refractivity contribution in [2.45, 2.75) is 73.1 Å². The molecule has 3 heteroatoms. The van der Waals surface area contributed by atoms with E-state index in [4.69, 9.17) is 7.58 Å². The van der Waals surface area contributed by atoms with Crippen LogP contribution in [-0.2, 0) is 14.6 Å². The van der Waals surface area contributed by atoms with Crippen molar-refractivity contribution in [2.24, 2.45) is 5.41 Å². The minimum absolute atomic E-state index is 0. The topological polar surface area (TPSA) is 18.5 Å². The second kappa shape index (κ2) is 6.95. The van der Waals surface area contributed by atoms with Crippen molar-refractivity contribution in [3.8, 4) is 5.75 Å². The van der Waals surface area contributed by atoms with Gasteiger partial charge in [0.25, 0.3) is 0 Å². The molecule has 0 spiro atoms. The predicted octanol–water partition coefficient (Wildman–Crippen LogP) is 5.37. The fourth-order valence-corrected chi connectivity index (χ4v) is 3.20. The molecule has 0 aromatic heterocycles. The van der Waals surface area contributed by atoms with Crippen molar-refractivity contribution < 1.29 is 9.00 Å². The average Bonchev–Trinajstić information content (AvgIpc) is 2.30. The van der Waals surface area contributed by atoms with Gasteiger partial charge in [-0.1, -0.05) is 0 Å². The van der Waals surface area contributed by atoms with Crippen LogP contribution in [0.25, 0.3) is 0 Å². The summed E-state index contributed by atoms with van der Waals surface area (Å²) in [4.78, 5) is 0. The molecule has 0 aliphatic rings. The molecule has 0 fully saturated rings. The molecule has 0 atom stereocenters. The van der Waals surface area contributed by atoms with Crippen LogP contribution in [-0.4, -0.2) is 22.5 Å². The van der Waals surface area contributed by atoms with Gasteiger partial charge >= 0.3 is 144 Å². The van der Waals surface area contributed by atoms with Gasteiger partial charge in [0.1, 0.15) is 0 Å². The summed E-state index contributed by atoms with van der Waals surface area (Å²) >= 11 is -0.496. The van der Waals surface area contributed by atoms with E-state index in [0.717, 1.165) is 12.4 Å². The second-order valence-corrected chi connectivity index (χ2v) is 10.0. The summed E-state index contributed by atoms with van der Waals surface area (Å²) in [6, 6.07) is 6.49. The summed E-state index contributed by atoms with van der Waals surface area (Å²) in [6.45, 7) is 20.6. The summed E-state index contributed by atoms with van der Waals surface area (Å²) in [6.07, 6.45) is 0. The van der Waals surface area contributed by atoms with Crippen molar-refractivity contribution in [3.63, 3.8) is 0 Å². The number of para-hydroxylation sites is 1. The molecular formula is C19H33AlO2. The molecule has 0 saturated carbocycles. The fraction of sp³-hybridized carbons (Fsp3) is 0.684. The molecule has 0 saturated heterocycles. The molecule has 0 bridgehead atoms. The third kappa shape index (κ3) is 5.95. The number of rotatable bonds is 4. The second-order valence-electron chi connectivity index (χ2n) is 9.27. The molecule has 2 nitrogen and oxygen atoms in total. The molecule has 0 heterocycles. The van der Waals surface area contributed by atoms with Crippen LogP contribution in [0.2, 0.25) is 0 Å². The summed E-state index contributed by atoms with van der Waals surface area (Å²) < 4.78 is 12.0. The van der Waals surface area contributed by atoms with Crippen LogP contribution in [0.15, 0.2) is 18.2 Å². The van der Waals surface area contributed by atoms with E-state index in [1.807, 2.05) is 0 Å². The number of hydrogen-bond acceptors (Lipinski definition) is 2. The van der Waals surface area contributed by atoms with E-state index in [1.54, 1.807) is 0 Å². The zero-order valence-electron chi connectivity index (χ0n) is 16.8. The van der Waals surface area contributed by atoms with Crippen LogP contribution >= 0.6 is 0 Å². The first-order valence-electron chi connectivity index (χ1n) is 8.06. The standard InChI is InChI=1S/C14H22O.C5H11O.Al.H/c1-13(2,3)10-8-7-9-11(12(10)15)14(4,5)6;1-5(2,3)4-6;;/h7-9,15H,1-6H3;4H2,1-3H3;;/q;-1;+3;-1/p-1. The van der Waals surface area contributed by atoms with Gasteiger partial charge in [-0.25, -0.2) is 0 Å². The molecule has 0 aliphatic heterocycles. The molecule has 1 aromatic carbocycles. The zero-order chi connectivity index (χ0) is 17.2. The largest absolute Gasteiger partial charge is 1.00 e. The Balaban J connectivity index is 0.00000484. The van der Waals surface area contributed by atoms with E-state index in [2.05, 4.69) is 80.5 Å². The monoisotopic (exact) mass is 320 g/mol. The van der Waals surface area contributed by atoms with Crippen molar-refractivity contribution >= 4 is 15.9 Å². The van der Waals surface area contributed by atoms with Crippen LogP contribution in [0, 0.1) is 5.41 Å². The van der Waals surface area contributed by atoms with Gasteiger partial charge in [-0.05, 0) is 0 Å². The van der Waals surface area contributed by atoms with Crippen LogP contribution in [0.5, 0.6) is 5.75 Å². The van der Waals surface area contributed by atoms with Gasteiger partial charge in [-0.2, -0.15) is 0 Å². The third-order valence-corrected chi connectivity index (χ3v) is 4.02. The maximum atomic E-state index is 6.18. The molecule has 1 rings (SSSR count). The van der Waals surface area contributed by atoms with Gasteiger partial charge in [0.2, 0.25) is 0 Å². The van der Waals surface area contributed by atoms with Crippen LogP contribution in [0.3, 0.4) is 0 Å². The van der Waals surface area contributed by atoms with E-state index >= 15 is 0 Å². The number of hydrogen-bond donors (Lipinski definition) is 0. The van der Waals surface area contributed by atoms with Crippen LogP contribution < -0.4 is 3.79 Å². The van der Waals surface area contributed by atoms with Gasteiger partial charge in [0.15, 0.2) is 0 Å². The van der Waals surface area contributed by atoms with Gasteiger partial charge in [-0.3, -0.25) is 0 Å². The van der Waals surface area contributed by atoms with E-state index in [-0.39, 0.29) is 17.7 Å². The average molecular weight is 320 g/mol. The fourth-order valence-electron chi connectivity index (χ4n) is 2.21. The molecule has 0 amide bonds. The van der Waals surface area contributed by atoms with Crippen LogP contribution in [0.4, 0.5) is 0 Å². The van der Waals surface area contributed by atoms with Crippen molar-refractivity contribution in [2.75, 3.05) is 6.61 Å². The molecule has 22 heavy (non-hydrogen) atoms. The van der Waals surface area contributed by atoms with E-state index in [1.165, 1.54) is 11.1 Å². The van der Waals surface area contributed by atoms with Gasteiger partial charge in [-0.15, -0.1) is 0 Å². The smallest absolute Gasteiger partial charge is 1.00 e. The molecule has 0 N–H and O–H groups in total. The first-order valence-corrected chi connectivity index (χ1v) is 9.00. The Labute approximate surface area is 145 Å². The molecular weight excluding hydrogens is 287 g/mol. The molecule has 0 aliphatic carbocycles. The maximum absolute atomic E-state index is 6.18. The Kier molecular flexibility index (Phi) is 6.18. The summed E-state index contributed by atoms with van der Waals surface area (Å²) in [5.41, 5.74) is 2.80. The maximum Gasteiger partial charge on any atom is -1.00 e. The SMILES string of the molecule is CC(C)(C)C[O][Al+][O]c1c(C(C)(C)C)cccc1C(C)(C)C.[H-]. The first kappa shape index (κ1) is 19.6. The van der Waals surface area contributed by atoms with E-state index < -0.39 is 15.9 Å². The molecule has 0 radical (unpaired) electrons. The molecule has 1 aromatic rings. The molecule has 124 valence electrons. The van der Waals surface area contributed by atoms with E-state index in [9.17, 15) is 0 Å². The normalized spacial score (nSPS) is 13.0. The minimum atomic E-state index is -0.496. The summed E-state index contributed by atoms with van der Waals surface area (Å²) in [5.74, 6) is 1.02. The quantitative estimate of drug-likeness (QED) is 0.548. The minimum Gasteiger partial charge on any atom is -1.00 e. The third-order valence-electron chi connectivity index (χ3n) is 3.38. The van der Waals surface area contributed by atoms with Crippen molar-refractivity contribution in [3.05, 3.63) is 29.3 Å². The van der Waals surface area contributed by atoms with Gasteiger partial charge in [0, 0.05) is 0 Å². The molecule has 0 unspecified atom stereocenters. The summed E-state index contributed by atoms with van der Waals surface area (Å²) in [7, 11) is 0. The summed E-state index contributed by atoms with van der Waals surface area (Å²) in [5, 5.41) is 0. The zero-order valence-corrected chi connectivity index (χ0v) is 17.0. The Morgan fingerprint density at radius 2 is 1.32 bits per heavy atom. The van der Waals surface area contributed by atoms with Gasteiger partial charge < -0.3 is 1.43 Å².